The zero-order chi connectivity index (χ0) is 14.0. The quantitative estimate of drug-likeness (QED) is 0.829. The fourth-order valence-corrected chi connectivity index (χ4v) is 4.04. The molecule has 0 amide bonds. The van der Waals surface area contributed by atoms with Gasteiger partial charge in [0.1, 0.15) is 0 Å². The van der Waals surface area contributed by atoms with Gasteiger partial charge in [0.2, 0.25) is 0 Å². The van der Waals surface area contributed by atoms with Crippen LogP contribution in [0.2, 0.25) is 0 Å². The Balaban J connectivity index is 1.90. The molecule has 112 valence electrons. The maximum atomic E-state index is 5.87. The van der Waals surface area contributed by atoms with Crippen molar-refractivity contribution in [3.05, 3.63) is 0 Å². The summed E-state index contributed by atoms with van der Waals surface area (Å²) in [7, 11) is 0. The Morgan fingerprint density at radius 2 is 2.00 bits per heavy atom. The molecule has 1 aliphatic carbocycles. The fourth-order valence-electron chi connectivity index (χ4n) is 4.04. The zero-order valence-electron chi connectivity index (χ0n) is 13.4. The van der Waals surface area contributed by atoms with E-state index in [0.717, 1.165) is 19.2 Å². The molecule has 1 saturated carbocycles. The van der Waals surface area contributed by atoms with Crippen LogP contribution in [0.5, 0.6) is 0 Å². The van der Waals surface area contributed by atoms with Crippen molar-refractivity contribution in [3.63, 3.8) is 0 Å². The van der Waals surface area contributed by atoms with Crippen molar-refractivity contribution >= 4 is 0 Å². The predicted molar refractivity (Wildman–Crippen MR) is 80.5 cm³/mol. The van der Waals surface area contributed by atoms with Crippen LogP contribution >= 0.6 is 0 Å². The summed E-state index contributed by atoms with van der Waals surface area (Å²) in [5.74, 6) is 0. The van der Waals surface area contributed by atoms with E-state index >= 15 is 0 Å². The summed E-state index contributed by atoms with van der Waals surface area (Å²) in [5, 5.41) is 3.61. The Morgan fingerprint density at radius 3 is 2.53 bits per heavy atom. The van der Waals surface area contributed by atoms with Gasteiger partial charge in [-0.2, -0.15) is 0 Å². The number of likely N-dealkylation sites (tertiary alicyclic amines) is 1. The van der Waals surface area contributed by atoms with Gasteiger partial charge in [-0.1, -0.05) is 20.8 Å². The molecule has 1 N–H and O–H groups in total. The molecule has 3 nitrogen and oxygen atoms in total. The number of hydrogen-bond acceptors (Lipinski definition) is 3. The Morgan fingerprint density at radius 1 is 1.26 bits per heavy atom. The number of piperidine rings is 1. The topological polar surface area (TPSA) is 24.5 Å². The van der Waals surface area contributed by atoms with E-state index in [1.165, 1.54) is 25.8 Å². The molecule has 4 unspecified atom stereocenters. The van der Waals surface area contributed by atoms with E-state index in [-0.39, 0.29) is 0 Å². The van der Waals surface area contributed by atoms with Crippen LogP contribution < -0.4 is 5.32 Å². The second-order valence-electron chi connectivity index (χ2n) is 6.88. The van der Waals surface area contributed by atoms with Gasteiger partial charge in [0.25, 0.3) is 0 Å². The molecule has 2 rings (SSSR count). The molecule has 0 aromatic carbocycles. The first-order valence-corrected chi connectivity index (χ1v) is 8.11. The van der Waals surface area contributed by atoms with E-state index < -0.39 is 0 Å². The Kier molecular flexibility index (Phi) is 4.91. The van der Waals surface area contributed by atoms with Gasteiger partial charge in [0, 0.05) is 36.7 Å². The molecule has 0 aromatic rings. The minimum atomic E-state index is 0.315. The largest absolute Gasteiger partial charge is 0.378 e. The van der Waals surface area contributed by atoms with Crippen molar-refractivity contribution in [3.8, 4) is 0 Å². The molecule has 0 bridgehead atoms. The Labute approximate surface area is 119 Å². The lowest BCUT2D eigenvalue weighted by molar-refractivity contribution is -0.161. The summed E-state index contributed by atoms with van der Waals surface area (Å²) >= 11 is 0. The fraction of sp³-hybridized carbons (Fsp3) is 1.00. The minimum Gasteiger partial charge on any atom is -0.378 e. The van der Waals surface area contributed by atoms with Gasteiger partial charge in [0.15, 0.2) is 0 Å². The average molecular weight is 268 g/mol. The first-order chi connectivity index (χ1) is 9.00. The summed E-state index contributed by atoms with van der Waals surface area (Å²) in [4.78, 5) is 2.74. The SMILES string of the molecule is CCNC1CCN(C2CC(OCC)C2(C)C)C(C)C1. The highest BCUT2D eigenvalue weighted by molar-refractivity contribution is 5.05. The third-order valence-electron chi connectivity index (χ3n) is 5.31. The number of nitrogens with zero attached hydrogens (tertiary/aromatic N) is 1. The molecule has 19 heavy (non-hydrogen) atoms. The maximum Gasteiger partial charge on any atom is 0.0655 e. The van der Waals surface area contributed by atoms with Gasteiger partial charge >= 0.3 is 0 Å². The summed E-state index contributed by atoms with van der Waals surface area (Å²) < 4.78 is 5.87. The number of rotatable bonds is 5. The van der Waals surface area contributed by atoms with Gasteiger partial charge < -0.3 is 10.1 Å². The van der Waals surface area contributed by atoms with Gasteiger partial charge in [-0.15, -0.1) is 0 Å². The molecule has 2 aliphatic rings. The molecule has 4 atom stereocenters. The van der Waals surface area contributed by atoms with Crippen molar-refractivity contribution in [1.82, 2.24) is 10.2 Å². The van der Waals surface area contributed by atoms with Crippen LogP contribution in [0.4, 0.5) is 0 Å². The van der Waals surface area contributed by atoms with Crippen LogP contribution in [-0.2, 0) is 4.74 Å². The number of nitrogens with one attached hydrogen (secondary N) is 1. The van der Waals surface area contributed by atoms with Crippen LogP contribution in [0.25, 0.3) is 0 Å². The second-order valence-corrected chi connectivity index (χ2v) is 6.88. The standard InChI is InChI=1S/C16H32N2O/c1-6-17-13-8-9-18(12(3)10-13)14-11-15(19-7-2)16(14,4)5/h12-15,17H,6-11H2,1-5H3. The van der Waals surface area contributed by atoms with Crippen LogP contribution in [0.1, 0.15) is 53.9 Å². The van der Waals surface area contributed by atoms with Gasteiger partial charge in [0.05, 0.1) is 6.10 Å². The lowest BCUT2D eigenvalue weighted by Gasteiger charge is -2.58. The molecule has 1 heterocycles. The van der Waals surface area contributed by atoms with E-state index in [0.29, 0.717) is 23.6 Å². The van der Waals surface area contributed by atoms with Crippen LogP contribution in [0.15, 0.2) is 0 Å². The Hall–Kier alpha value is -0.120. The summed E-state index contributed by atoms with van der Waals surface area (Å²) in [6, 6.07) is 2.13. The van der Waals surface area contributed by atoms with Gasteiger partial charge in [-0.3, -0.25) is 4.90 Å². The first kappa shape index (κ1) is 15.3. The average Bonchev–Trinajstić information content (AvgIpc) is 2.36. The highest BCUT2D eigenvalue weighted by Gasteiger charge is 2.52. The first-order valence-electron chi connectivity index (χ1n) is 8.11. The highest BCUT2D eigenvalue weighted by Crippen LogP contribution is 2.47. The lowest BCUT2D eigenvalue weighted by Crippen LogP contribution is -2.65. The van der Waals surface area contributed by atoms with Crippen molar-refractivity contribution in [2.75, 3.05) is 19.7 Å². The summed E-state index contributed by atoms with van der Waals surface area (Å²) in [6.07, 6.45) is 4.27. The molecule has 2 fully saturated rings. The van der Waals surface area contributed by atoms with Gasteiger partial charge in [-0.05, 0) is 39.7 Å². The third kappa shape index (κ3) is 2.98. The smallest absolute Gasteiger partial charge is 0.0655 e. The van der Waals surface area contributed by atoms with E-state index in [1.54, 1.807) is 0 Å². The third-order valence-corrected chi connectivity index (χ3v) is 5.31. The summed E-state index contributed by atoms with van der Waals surface area (Å²) in [5.41, 5.74) is 0.315. The molecular weight excluding hydrogens is 236 g/mol. The monoisotopic (exact) mass is 268 g/mol. The van der Waals surface area contributed by atoms with Crippen LogP contribution in [0.3, 0.4) is 0 Å². The van der Waals surface area contributed by atoms with Crippen LogP contribution in [-0.4, -0.2) is 48.8 Å². The molecule has 3 heteroatoms. The predicted octanol–water partition coefficient (Wildman–Crippen LogP) is 2.65. The second kappa shape index (κ2) is 6.11. The Bertz CT molecular complexity index is 292. The van der Waals surface area contributed by atoms with Crippen molar-refractivity contribution in [2.24, 2.45) is 5.41 Å². The molecule has 0 radical (unpaired) electrons. The van der Waals surface area contributed by atoms with E-state index in [1.807, 2.05) is 0 Å². The summed E-state index contributed by atoms with van der Waals surface area (Å²) in [6.45, 7) is 14.7. The molecular formula is C16H32N2O. The van der Waals surface area contributed by atoms with E-state index in [9.17, 15) is 0 Å². The van der Waals surface area contributed by atoms with Crippen LogP contribution in [0, 0.1) is 5.41 Å². The van der Waals surface area contributed by atoms with Crippen molar-refractivity contribution in [1.29, 1.82) is 0 Å². The normalized spacial score (nSPS) is 39.0. The van der Waals surface area contributed by atoms with Crippen molar-refractivity contribution < 1.29 is 4.74 Å². The molecule has 1 aliphatic heterocycles. The maximum absolute atomic E-state index is 5.87. The molecule has 1 saturated heterocycles. The minimum absolute atomic E-state index is 0.315. The zero-order valence-corrected chi connectivity index (χ0v) is 13.4. The molecule has 0 aromatic heterocycles. The molecule has 0 spiro atoms. The van der Waals surface area contributed by atoms with E-state index in [4.69, 9.17) is 4.74 Å². The van der Waals surface area contributed by atoms with Crippen molar-refractivity contribution in [2.45, 2.75) is 78.1 Å². The van der Waals surface area contributed by atoms with Gasteiger partial charge in [-0.25, -0.2) is 0 Å². The highest BCUT2D eigenvalue weighted by atomic mass is 16.5. The number of ether oxygens (including phenoxy) is 1. The van der Waals surface area contributed by atoms with E-state index in [2.05, 4.69) is 44.8 Å². The number of hydrogen-bond donors (Lipinski definition) is 1. The lowest BCUT2D eigenvalue weighted by atomic mass is 9.63.